The maximum absolute atomic E-state index is 13.8. The molecule has 3 aromatic rings. The van der Waals surface area contributed by atoms with Gasteiger partial charge in [0, 0.05) is 25.3 Å². The highest BCUT2D eigenvalue weighted by molar-refractivity contribution is 6.07. The van der Waals surface area contributed by atoms with E-state index in [1.807, 2.05) is 19.9 Å². The Kier molecular flexibility index (Phi) is 8.31. The Bertz CT molecular complexity index is 1300. The van der Waals surface area contributed by atoms with Gasteiger partial charge in [-0.3, -0.25) is 9.36 Å². The van der Waals surface area contributed by atoms with Crippen molar-refractivity contribution in [3.63, 3.8) is 0 Å². The molecule has 2 N–H and O–H groups in total. The molecule has 0 atom stereocenters. The maximum atomic E-state index is 13.8. The van der Waals surface area contributed by atoms with Crippen LogP contribution in [0.25, 0.3) is 16.6 Å². The fraction of sp³-hybridized carbons (Fsp3) is 0.400. The Morgan fingerprint density at radius 3 is 2.46 bits per heavy atom. The van der Waals surface area contributed by atoms with Crippen molar-refractivity contribution in [2.75, 3.05) is 46.6 Å². The third-order valence-corrected chi connectivity index (χ3v) is 5.48. The van der Waals surface area contributed by atoms with E-state index in [1.54, 1.807) is 33.1 Å². The zero-order chi connectivity index (χ0) is 25.7. The Labute approximate surface area is 203 Å². The molecule has 0 unspecified atom stereocenters. The molecular formula is C25H31N3O7. The molecular weight excluding hydrogens is 454 g/mol. The highest BCUT2D eigenvalue weighted by atomic mass is 16.7. The number of methoxy groups -OCH3 is 2. The van der Waals surface area contributed by atoms with E-state index in [0.717, 1.165) is 5.56 Å². The highest BCUT2D eigenvalue weighted by Gasteiger charge is 2.26. The minimum absolute atomic E-state index is 0.0138. The zero-order valence-corrected chi connectivity index (χ0v) is 20.9. The van der Waals surface area contributed by atoms with Crippen molar-refractivity contribution in [3.8, 4) is 17.3 Å². The summed E-state index contributed by atoms with van der Waals surface area (Å²) in [6, 6.07) is 5.24. The molecule has 3 rings (SSSR count). The standard InChI is InChI=1S/C25H31N3O7/c1-7-33-25(30)19-20-17(12-15(3)23(27-20)34-11-10-31-5)24(29)28(22(19)26)21-14(2)8-9-18(16(21)4)35-13-32-6/h8-9,12H,7,10-11,13,26H2,1-6H3. The number of hydrogen-bond donors (Lipinski definition) is 1. The van der Waals surface area contributed by atoms with Crippen molar-refractivity contribution in [3.05, 3.63) is 50.8 Å². The molecule has 0 aliphatic heterocycles. The molecule has 0 fully saturated rings. The minimum Gasteiger partial charge on any atom is -0.475 e. The molecule has 0 bridgehead atoms. The van der Waals surface area contributed by atoms with E-state index >= 15 is 0 Å². The smallest absolute Gasteiger partial charge is 0.344 e. The largest absolute Gasteiger partial charge is 0.475 e. The molecule has 0 spiro atoms. The van der Waals surface area contributed by atoms with Crippen LogP contribution in [-0.2, 0) is 14.2 Å². The van der Waals surface area contributed by atoms with Gasteiger partial charge in [0.1, 0.15) is 23.7 Å². The van der Waals surface area contributed by atoms with E-state index in [1.165, 1.54) is 11.7 Å². The number of benzene rings is 1. The first-order chi connectivity index (χ1) is 16.8. The summed E-state index contributed by atoms with van der Waals surface area (Å²) in [7, 11) is 3.08. The number of pyridine rings is 2. The number of carbonyl (C=O) groups excluding carboxylic acids is 1. The van der Waals surface area contributed by atoms with Gasteiger partial charge in [0.05, 0.1) is 29.8 Å². The topological polar surface area (TPSA) is 124 Å². The van der Waals surface area contributed by atoms with E-state index in [2.05, 4.69) is 4.98 Å². The van der Waals surface area contributed by atoms with Gasteiger partial charge in [-0.25, -0.2) is 9.78 Å². The third kappa shape index (κ3) is 5.08. The van der Waals surface area contributed by atoms with E-state index < -0.39 is 11.5 Å². The summed E-state index contributed by atoms with van der Waals surface area (Å²) >= 11 is 0. The van der Waals surface area contributed by atoms with Crippen molar-refractivity contribution in [2.45, 2.75) is 27.7 Å². The summed E-state index contributed by atoms with van der Waals surface area (Å²) in [6.07, 6.45) is 0. The molecule has 2 heterocycles. The molecule has 2 aromatic heterocycles. The van der Waals surface area contributed by atoms with Crippen LogP contribution >= 0.6 is 0 Å². The number of fused-ring (bicyclic) bond motifs is 1. The van der Waals surface area contributed by atoms with Crippen LogP contribution < -0.4 is 20.8 Å². The van der Waals surface area contributed by atoms with Gasteiger partial charge in [-0.05, 0) is 45.4 Å². The van der Waals surface area contributed by atoms with Crippen LogP contribution in [0.2, 0.25) is 0 Å². The molecule has 10 heteroatoms. The number of ether oxygens (including phenoxy) is 5. The normalized spacial score (nSPS) is 11.0. The molecule has 0 saturated heterocycles. The second-order valence-electron chi connectivity index (χ2n) is 7.87. The summed E-state index contributed by atoms with van der Waals surface area (Å²) in [4.78, 5) is 31.3. The van der Waals surface area contributed by atoms with Crippen molar-refractivity contribution >= 4 is 22.7 Å². The first-order valence-electron chi connectivity index (χ1n) is 11.1. The van der Waals surface area contributed by atoms with Gasteiger partial charge in [-0.15, -0.1) is 0 Å². The van der Waals surface area contributed by atoms with Crippen LogP contribution in [-0.4, -0.2) is 56.4 Å². The first kappa shape index (κ1) is 26.0. The summed E-state index contributed by atoms with van der Waals surface area (Å²) in [5, 5.41) is 0.209. The molecule has 0 aliphatic carbocycles. The quantitative estimate of drug-likeness (QED) is 0.262. The van der Waals surface area contributed by atoms with Gasteiger partial charge < -0.3 is 29.4 Å². The van der Waals surface area contributed by atoms with Crippen molar-refractivity contribution in [1.29, 1.82) is 0 Å². The lowest BCUT2D eigenvalue weighted by Crippen LogP contribution is -2.27. The number of esters is 1. The first-order valence-corrected chi connectivity index (χ1v) is 11.1. The van der Waals surface area contributed by atoms with Crippen LogP contribution in [0.15, 0.2) is 23.0 Å². The Morgan fingerprint density at radius 1 is 1.06 bits per heavy atom. The van der Waals surface area contributed by atoms with Gasteiger partial charge in [-0.1, -0.05) is 6.07 Å². The Hall–Kier alpha value is -3.63. The number of carbonyl (C=O) groups is 1. The number of aryl methyl sites for hydroxylation is 2. The minimum atomic E-state index is -0.690. The van der Waals surface area contributed by atoms with Crippen molar-refractivity contribution in [2.24, 2.45) is 0 Å². The van der Waals surface area contributed by atoms with E-state index in [0.29, 0.717) is 29.2 Å². The number of anilines is 1. The fourth-order valence-electron chi connectivity index (χ4n) is 3.85. The highest BCUT2D eigenvalue weighted by Crippen LogP contribution is 2.32. The van der Waals surface area contributed by atoms with Crippen LogP contribution in [0, 0.1) is 20.8 Å². The summed E-state index contributed by atoms with van der Waals surface area (Å²) in [6.45, 7) is 7.89. The number of nitrogen functional groups attached to an aromatic ring is 1. The van der Waals surface area contributed by atoms with Crippen LogP contribution in [0.1, 0.15) is 34.0 Å². The molecule has 0 saturated carbocycles. The average Bonchev–Trinajstić information content (AvgIpc) is 2.82. The number of nitrogens with two attached hydrogens (primary N) is 1. The SMILES string of the molecule is CCOC(=O)c1c(N)n(-c2c(C)ccc(OCOC)c2C)c(=O)c2cc(C)c(OCCOC)nc12. The van der Waals surface area contributed by atoms with Crippen LogP contribution in [0.4, 0.5) is 5.82 Å². The number of nitrogens with zero attached hydrogens (tertiary/aromatic N) is 2. The van der Waals surface area contributed by atoms with Gasteiger partial charge in [0.25, 0.3) is 5.56 Å². The summed E-state index contributed by atoms with van der Waals surface area (Å²) < 4.78 is 28.0. The maximum Gasteiger partial charge on any atom is 0.344 e. The predicted molar refractivity (Wildman–Crippen MR) is 132 cm³/mol. The Morgan fingerprint density at radius 2 is 1.80 bits per heavy atom. The van der Waals surface area contributed by atoms with E-state index in [9.17, 15) is 9.59 Å². The molecule has 0 amide bonds. The van der Waals surface area contributed by atoms with Crippen LogP contribution in [0.3, 0.4) is 0 Å². The lowest BCUT2D eigenvalue weighted by atomic mass is 10.0. The fourth-order valence-corrected chi connectivity index (χ4v) is 3.85. The summed E-state index contributed by atoms with van der Waals surface area (Å²) in [5.41, 5.74) is 8.73. The van der Waals surface area contributed by atoms with Crippen molar-refractivity contribution < 1.29 is 28.5 Å². The van der Waals surface area contributed by atoms with Crippen molar-refractivity contribution in [1.82, 2.24) is 9.55 Å². The van der Waals surface area contributed by atoms with Gasteiger partial charge in [0.2, 0.25) is 5.88 Å². The second kappa shape index (κ2) is 11.2. The second-order valence-corrected chi connectivity index (χ2v) is 7.87. The predicted octanol–water partition coefficient (Wildman–Crippen LogP) is 3.08. The lowest BCUT2D eigenvalue weighted by molar-refractivity contribution is 0.0506. The lowest BCUT2D eigenvalue weighted by Gasteiger charge is -2.21. The van der Waals surface area contributed by atoms with E-state index in [4.69, 9.17) is 29.4 Å². The molecule has 0 aliphatic rings. The zero-order valence-electron chi connectivity index (χ0n) is 20.9. The number of hydrogen-bond acceptors (Lipinski definition) is 9. The van der Waals surface area contributed by atoms with Gasteiger partial charge in [0.15, 0.2) is 6.79 Å². The molecule has 188 valence electrons. The van der Waals surface area contributed by atoms with Gasteiger partial charge in [-0.2, -0.15) is 0 Å². The van der Waals surface area contributed by atoms with Gasteiger partial charge >= 0.3 is 5.97 Å². The third-order valence-electron chi connectivity index (χ3n) is 5.48. The van der Waals surface area contributed by atoms with Crippen LogP contribution in [0.5, 0.6) is 11.6 Å². The van der Waals surface area contributed by atoms with E-state index in [-0.39, 0.29) is 48.2 Å². The summed E-state index contributed by atoms with van der Waals surface area (Å²) in [5.74, 6) is 0.0203. The molecule has 1 aromatic carbocycles. The number of aromatic nitrogens is 2. The average molecular weight is 486 g/mol. The molecule has 10 nitrogen and oxygen atoms in total. The number of rotatable bonds is 10. The Balaban J connectivity index is 2.37. The molecule has 35 heavy (non-hydrogen) atoms. The monoisotopic (exact) mass is 485 g/mol. The molecule has 0 radical (unpaired) electrons.